The molecule has 0 unspecified atom stereocenters. The topological polar surface area (TPSA) is 91.0 Å². The molecule has 8 heteroatoms. The number of aromatic nitrogens is 4. The Morgan fingerprint density at radius 1 is 1.06 bits per heavy atom. The van der Waals surface area contributed by atoms with Crippen molar-refractivity contribution in [1.29, 1.82) is 0 Å². The van der Waals surface area contributed by atoms with Gasteiger partial charge in [0, 0.05) is 25.1 Å². The van der Waals surface area contributed by atoms with Crippen molar-refractivity contribution >= 4 is 22.8 Å². The number of anilines is 1. The number of rotatable bonds is 7. The van der Waals surface area contributed by atoms with Gasteiger partial charge in [-0.1, -0.05) is 17.7 Å². The highest BCUT2D eigenvalue weighted by molar-refractivity contribution is 5.90. The van der Waals surface area contributed by atoms with Crippen molar-refractivity contribution in [2.75, 3.05) is 12.4 Å². The summed E-state index contributed by atoms with van der Waals surface area (Å²) in [6.45, 7) is 6.30. The maximum Gasteiger partial charge on any atom is 0.273 e. The number of nitrogens with one attached hydrogen (secondary N) is 1. The van der Waals surface area contributed by atoms with Crippen LogP contribution >= 0.6 is 0 Å². The Bertz CT molecular complexity index is 1350. The van der Waals surface area contributed by atoms with Gasteiger partial charge in [0.1, 0.15) is 17.0 Å². The average Bonchev–Trinajstić information content (AvgIpc) is 3.14. The van der Waals surface area contributed by atoms with Gasteiger partial charge in [0.25, 0.3) is 5.56 Å². The number of carbonyl (C=O) groups is 1. The van der Waals surface area contributed by atoms with E-state index in [4.69, 9.17) is 4.74 Å². The molecule has 0 fully saturated rings. The summed E-state index contributed by atoms with van der Waals surface area (Å²) in [5.74, 6) is 0.531. The maximum atomic E-state index is 13.2. The van der Waals surface area contributed by atoms with E-state index in [2.05, 4.69) is 15.4 Å². The normalized spacial score (nSPS) is 11.0. The third-order valence-electron chi connectivity index (χ3n) is 5.56. The molecule has 1 N–H and O–H groups in total. The predicted molar refractivity (Wildman–Crippen MR) is 128 cm³/mol. The van der Waals surface area contributed by atoms with Crippen molar-refractivity contribution in [2.45, 2.75) is 40.2 Å². The molecule has 2 aromatic heterocycles. The summed E-state index contributed by atoms with van der Waals surface area (Å²) in [6, 6.07) is 15.1. The molecular weight excluding hydrogens is 418 g/mol. The van der Waals surface area contributed by atoms with Gasteiger partial charge < -0.3 is 10.1 Å². The fourth-order valence-electron chi connectivity index (χ4n) is 3.77. The molecule has 2 heterocycles. The second kappa shape index (κ2) is 9.28. The zero-order valence-electron chi connectivity index (χ0n) is 19.3. The van der Waals surface area contributed by atoms with E-state index in [-0.39, 0.29) is 24.3 Å². The molecule has 170 valence electrons. The first kappa shape index (κ1) is 22.3. The van der Waals surface area contributed by atoms with E-state index in [1.807, 2.05) is 45.0 Å². The lowest BCUT2D eigenvalue weighted by Crippen LogP contribution is -2.27. The molecule has 2 aromatic carbocycles. The lowest BCUT2D eigenvalue weighted by Gasteiger charge is -2.11. The number of carbonyl (C=O) groups excluding carboxylic acids is 1. The first-order valence-corrected chi connectivity index (χ1v) is 10.9. The summed E-state index contributed by atoms with van der Waals surface area (Å²) in [5, 5.41) is 7.49. The fraction of sp³-hybridized carbons (Fsp3) is 0.280. The fourth-order valence-corrected chi connectivity index (χ4v) is 3.77. The van der Waals surface area contributed by atoms with Gasteiger partial charge in [0.15, 0.2) is 5.65 Å². The van der Waals surface area contributed by atoms with Crippen LogP contribution in [0.4, 0.5) is 5.69 Å². The van der Waals surface area contributed by atoms with Crippen molar-refractivity contribution in [3.8, 4) is 11.4 Å². The average molecular weight is 446 g/mol. The van der Waals surface area contributed by atoms with Crippen molar-refractivity contribution in [3.05, 3.63) is 75.8 Å². The molecule has 0 bridgehead atoms. The van der Waals surface area contributed by atoms with Crippen LogP contribution < -0.4 is 15.6 Å². The molecule has 0 aliphatic rings. The lowest BCUT2D eigenvalue weighted by atomic mass is 10.2. The summed E-state index contributed by atoms with van der Waals surface area (Å²) in [7, 11) is 1.59. The van der Waals surface area contributed by atoms with Crippen LogP contribution in [0.15, 0.2) is 53.3 Å². The zero-order chi connectivity index (χ0) is 23.5. The Morgan fingerprint density at radius 3 is 2.39 bits per heavy atom. The molecular formula is C25H27N5O3. The van der Waals surface area contributed by atoms with Crippen LogP contribution in [-0.2, 0) is 17.8 Å². The monoisotopic (exact) mass is 445 g/mol. The second-order valence-corrected chi connectivity index (χ2v) is 7.89. The molecule has 0 spiro atoms. The highest BCUT2D eigenvalue weighted by Crippen LogP contribution is 2.21. The van der Waals surface area contributed by atoms with Crippen LogP contribution in [0.3, 0.4) is 0 Å². The van der Waals surface area contributed by atoms with E-state index in [0.29, 0.717) is 34.8 Å². The summed E-state index contributed by atoms with van der Waals surface area (Å²) in [6.07, 6.45) is 0.389. The number of methoxy groups -OCH3 is 1. The van der Waals surface area contributed by atoms with E-state index < -0.39 is 0 Å². The molecule has 0 saturated heterocycles. The number of ether oxygens (including phenoxy) is 1. The van der Waals surface area contributed by atoms with Crippen LogP contribution in [0, 0.1) is 13.8 Å². The van der Waals surface area contributed by atoms with Gasteiger partial charge in [-0.15, -0.1) is 0 Å². The quantitative estimate of drug-likeness (QED) is 0.467. The van der Waals surface area contributed by atoms with Crippen LogP contribution in [0.5, 0.6) is 5.75 Å². The molecule has 0 aliphatic carbocycles. The summed E-state index contributed by atoms with van der Waals surface area (Å²) >= 11 is 0. The molecule has 4 rings (SSSR count). The van der Waals surface area contributed by atoms with Gasteiger partial charge in [-0.05, 0) is 57.2 Å². The zero-order valence-corrected chi connectivity index (χ0v) is 19.3. The Labute approximate surface area is 191 Å². The van der Waals surface area contributed by atoms with Crippen molar-refractivity contribution < 1.29 is 9.53 Å². The van der Waals surface area contributed by atoms with Crippen LogP contribution in [0.2, 0.25) is 0 Å². The lowest BCUT2D eigenvalue weighted by molar-refractivity contribution is -0.116. The standard InChI is InChI=1S/C25H27N5O3/c1-5-29-24-23(17(3)28-30(24)19-10-6-16(2)7-11-19)27-21(25(29)32)14-15-22(31)26-18-8-12-20(33-4)13-9-18/h6-13H,5,14-15H2,1-4H3,(H,26,31). The number of benzene rings is 2. The Kier molecular flexibility index (Phi) is 6.26. The number of hydrogen-bond acceptors (Lipinski definition) is 5. The van der Waals surface area contributed by atoms with Crippen LogP contribution in [0.25, 0.3) is 16.9 Å². The molecule has 8 nitrogen and oxygen atoms in total. The molecule has 0 saturated carbocycles. The van der Waals surface area contributed by atoms with Crippen molar-refractivity contribution in [2.24, 2.45) is 0 Å². The molecule has 0 aliphatic heterocycles. The van der Waals surface area contributed by atoms with Gasteiger partial charge in [0.2, 0.25) is 5.91 Å². The first-order valence-electron chi connectivity index (χ1n) is 10.9. The molecule has 0 atom stereocenters. The summed E-state index contributed by atoms with van der Waals surface area (Å²) < 4.78 is 8.58. The minimum absolute atomic E-state index is 0.147. The van der Waals surface area contributed by atoms with Gasteiger partial charge in [-0.25, -0.2) is 9.67 Å². The van der Waals surface area contributed by atoms with E-state index >= 15 is 0 Å². The molecule has 0 radical (unpaired) electrons. The minimum atomic E-state index is -0.199. The SMILES string of the molecule is CCn1c(=O)c(CCC(=O)Nc2ccc(OC)cc2)nc2c(C)nn(-c3ccc(C)cc3)c21. The number of nitrogens with zero attached hydrogens (tertiary/aromatic N) is 4. The van der Waals surface area contributed by atoms with E-state index in [1.54, 1.807) is 40.6 Å². The number of aryl methyl sites for hydroxylation is 4. The Balaban J connectivity index is 1.61. The highest BCUT2D eigenvalue weighted by Gasteiger charge is 2.19. The van der Waals surface area contributed by atoms with Crippen LogP contribution in [-0.4, -0.2) is 32.3 Å². The second-order valence-electron chi connectivity index (χ2n) is 7.89. The first-order chi connectivity index (χ1) is 15.9. The van der Waals surface area contributed by atoms with Crippen LogP contribution in [0.1, 0.15) is 30.3 Å². The third kappa shape index (κ3) is 4.50. The Morgan fingerprint density at radius 2 is 1.76 bits per heavy atom. The van der Waals surface area contributed by atoms with E-state index in [9.17, 15) is 9.59 Å². The summed E-state index contributed by atoms with van der Waals surface area (Å²) in [4.78, 5) is 30.3. The molecule has 4 aromatic rings. The van der Waals surface area contributed by atoms with Gasteiger partial charge in [0.05, 0.1) is 18.5 Å². The van der Waals surface area contributed by atoms with Gasteiger partial charge in [-0.2, -0.15) is 5.10 Å². The van der Waals surface area contributed by atoms with E-state index in [1.165, 1.54) is 0 Å². The Hall–Kier alpha value is -3.94. The molecule has 1 amide bonds. The minimum Gasteiger partial charge on any atom is -0.497 e. The highest BCUT2D eigenvalue weighted by atomic mass is 16.5. The largest absolute Gasteiger partial charge is 0.497 e. The van der Waals surface area contributed by atoms with Gasteiger partial charge in [-0.3, -0.25) is 14.2 Å². The number of hydrogen-bond donors (Lipinski definition) is 1. The van der Waals surface area contributed by atoms with Crippen molar-refractivity contribution in [1.82, 2.24) is 19.3 Å². The summed E-state index contributed by atoms with van der Waals surface area (Å²) in [5.41, 5.74) is 4.91. The molecule has 33 heavy (non-hydrogen) atoms. The maximum absolute atomic E-state index is 13.2. The van der Waals surface area contributed by atoms with Crippen molar-refractivity contribution in [3.63, 3.8) is 0 Å². The smallest absolute Gasteiger partial charge is 0.273 e. The predicted octanol–water partition coefficient (Wildman–Crippen LogP) is 3.80. The van der Waals surface area contributed by atoms with Gasteiger partial charge >= 0.3 is 0 Å². The third-order valence-corrected chi connectivity index (χ3v) is 5.56. The number of fused-ring (bicyclic) bond motifs is 1. The van der Waals surface area contributed by atoms with E-state index in [0.717, 1.165) is 16.9 Å². The number of amides is 1.